The number of nitrogens with zero attached hydrogens (tertiary/aromatic N) is 4. The topological polar surface area (TPSA) is 80.0 Å². The van der Waals surface area contributed by atoms with E-state index in [1.54, 1.807) is 0 Å². The number of fused-ring (bicyclic) bond motifs is 2. The van der Waals surface area contributed by atoms with Crippen LogP contribution in [0.1, 0.15) is 30.9 Å². The Kier molecular flexibility index (Phi) is 6.67. The molecule has 3 rings (SSSR count). The van der Waals surface area contributed by atoms with Crippen molar-refractivity contribution in [3.8, 4) is 6.07 Å². The maximum Gasteiger partial charge on any atom is 0.421 e. The number of aryl methyl sites for hydroxylation is 1. The van der Waals surface area contributed by atoms with Gasteiger partial charge in [-0.2, -0.15) is 5.26 Å². The van der Waals surface area contributed by atoms with Crippen LogP contribution in [0.3, 0.4) is 0 Å². The third-order valence-corrected chi connectivity index (χ3v) is 5.27. The molecule has 0 saturated carbocycles. The summed E-state index contributed by atoms with van der Waals surface area (Å²) in [4.78, 5) is 13.8. The fraction of sp³-hybridized carbons (Fsp3) is 0.600. The minimum atomic E-state index is -0.892. The van der Waals surface area contributed by atoms with Crippen molar-refractivity contribution in [2.75, 3.05) is 39.3 Å². The van der Waals surface area contributed by atoms with E-state index in [1.807, 2.05) is 36.2 Å². The third kappa shape index (κ3) is 5.19. The number of unbranched alkanes of at least 4 members (excludes halogenated alkanes) is 1. The predicted octanol–water partition coefficient (Wildman–Crippen LogP) is 2.18. The van der Waals surface area contributed by atoms with E-state index in [1.165, 1.54) is 10.6 Å². The molecule has 2 atom stereocenters. The summed E-state index contributed by atoms with van der Waals surface area (Å²) in [7, 11) is 0. The standard InChI is InChI=1S/C20H28N4O3/c1-2-24(20(25)26)23-14-18-12-22(13-19(15-23)27-18)10-4-3-5-16-6-8-17(11-21)9-7-16/h6-9,18-19H,2-5,10,12-15H2,1H3,(H,25,26). The molecule has 1 aromatic carbocycles. The highest BCUT2D eigenvalue weighted by molar-refractivity contribution is 5.64. The first-order valence-electron chi connectivity index (χ1n) is 9.71. The maximum atomic E-state index is 11.4. The van der Waals surface area contributed by atoms with Gasteiger partial charge in [0, 0.05) is 32.7 Å². The van der Waals surface area contributed by atoms with Crippen molar-refractivity contribution < 1.29 is 14.6 Å². The summed E-state index contributed by atoms with van der Waals surface area (Å²) >= 11 is 0. The van der Waals surface area contributed by atoms with Crippen molar-refractivity contribution in [1.82, 2.24) is 14.9 Å². The molecular formula is C20H28N4O3. The molecule has 2 unspecified atom stereocenters. The molecule has 2 heterocycles. The molecule has 27 heavy (non-hydrogen) atoms. The molecule has 1 N–H and O–H groups in total. The molecule has 146 valence electrons. The van der Waals surface area contributed by atoms with Crippen LogP contribution in [0.2, 0.25) is 0 Å². The van der Waals surface area contributed by atoms with E-state index in [2.05, 4.69) is 11.0 Å². The van der Waals surface area contributed by atoms with Crippen molar-refractivity contribution in [2.24, 2.45) is 0 Å². The Morgan fingerprint density at radius 2 is 1.89 bits per heavy atom. The van der Waals surface area contributed by atoms with Crippen LogP contribution < -0.4 is 0 Å². The summed E-state index contributed by atoms with van der Waals surface area (Å²) in [5.74, 6) is 0. The zero-order valence-electron chi connectivity index (χ0n) is 15.9. The van der Waals surface area contributed by atoms with E-state index in [-0.39, 0.29) is 12.2 Å². The van der Waals surface area contributed by atoms with Crippen LogP contribution in [0.5, 0.6) is 0 Å². The molecule has 7 heteroatoms. The van der Waals surface area contributed by atoms with Gasteiger partial charge in [0.1, 0.15) is 0 Å². The lowest BCUT2D eigenvalue weighted by Gasteiger charge is -2.47. The number of benzene rings is 1. The van der Waals surface area contributed by atoms with Crippen LogP contribution >= 0.6 is 0 Å². The zero-order valence-corrected chi connectivity index (χ0v) is 15.9. The lowest BCUT2D eigenvalue weighted by Crippen LogP contribution is -2.63. The van der Waals surface area contributed by atoms with Gasteiger partial charge in [0.15, 0.2) is 0 Å². The van der Waals surface area contributed by atoms with E-state index in [0.29, 0.717) is 25.2 Å². The molecule has 0 aliphatic carbocycles. The van der Waals surface area contributed by atoms with Gasteiger partial charge in [0.2, 0.25) is 0 Å². The number of hydrazine groups is 1. The normalized spacial score (nSPS) is 23.0. The lowest BCUT2D eigenvalue weighted by molar-refractivity contribution is -0.178. The first kappa shape index (κ1) is 19.6. The van der Waals surface area contributed by atoms with Crippen molar-refractivity contribution in [2.45, 2.75) is 38.4 Å². The molecule has 0 spiro atoms. The van der Waals surface area contributed by atoms with E-state index in [9.17, 15) is 9.90 Å². The third-order valence-electron chi connectivity index (χ3n) is 5.27. The van der Waals surface area contributed by atoms with Crippen LogP contribution in [0.4, 0.5) is 4.79 Å². The average molecular weight is 372 g/mol. The van der Waals surface area contributed by atoms with Crippen LogP contribution in [-0.4, -0.2) is 77.6 Å². The Bertz CT molecular complexity index is 659. The molecule has 2 aliphatic heterocycles. The molecule has 1 amide bonds. The molecule has 0 radical (unpaired) electrons. The quantitative estimate of drug-likeness (QED) is 0.739. The molecule has 7 nitrogen and oxygen atoms in total. The fourth-order valence-electron chi connectivity index (χ4n) is 4.00. The SMILES string of the molecule is CCN(C(=O)O)N1CC2CN(CCCCc3ccc(C#N)cc3)CC(C1)O2. The number of carboxylic acid groups (broad SMARTS) is 1. The van der Waals surface area contributed by atoms with E-state index < -0.39 is 6.09 Å². The van der Waals surface area contributed by atoms with Gasteiger partial charge in [-0.05, 0) is 50.4 Å². The number of nitriles is 1. The van der Waals surface area contributed by atoms with E-state index in [0.717, 1.165) is 38.9 Å². The minimum Gasteiger partial charge on any atom is -0.464 e. The van der Waals surface area contributed by atoms with Crippen LogP contribution in [-0.2, 0) is 11.2 Å². The molecule has 2 fully saturated rings. The van der Waals surface area contributed by atoms with Gasteiger partial charge in [-0.3, -0.25) is 4.90 Å². The number of hydrogen-bond donors (Lipinski definition) is 1. The highest BCUT2D eigenvalue weighted by Crippen LogP contribution is 2.21. The number of ether oxygens (including phenoxy) is 1. The number of morpholine rings is 2. The summed E-state index contributed by atoms with van der Waals surface area (Å²) in [6, 6.07) is 9.97. The van der Waals surface area contributed by atoms with Crippen molar-refractivity contribution in [1.29, 1.82) is 5.26 Å². The van der Waals surface area contributed by atoms with Gasteiger partial charge >= 0.3 is 6.09 Å². The summed E-state index contributed by atoms with van der Waals surface area (Å²) in [5, 5.41) is 21.5. The van der Waals surface area contributed by atoms with Gasteiger partial charge < -0.3 is 9.84 Å². The van der Waals surface area contributed by atoms with Gasteiger partial charge in [-0.25, -0.2) is 14.8 Å². The number of carbonyl (C=O) groups is 1. The van der Waals surface area contributed by atoms with Crippen LogP contribution in [0.25, 0.3) is 0 Å². The highest BCUT2D eigenvalue weighted by atomic mass is 16.5. The molecule has 2 bridgehead atoms. The fourth-order valence-corrected chi connectivity index (χ4v) is 4.00. The molecule has 2 saturated heterocycles. The monoisotopic (exact) mass is 372 g/mol. The van der Waals surface area contributed by atoms with Crippen molar-refractivity contribution >= 4 is 6.09 Å². The van der Waals surface area contributed by atoms with E-state index >= 15 is 0 Å². The molecular weight excluding hydrogens is 344 g/mol. The Balaban J connectivity index is 1.41. The Morgan fingerprint density at radius 1 is 1.22 bits per heavy atom. The minimum absolute atomic E-state index is 0.0735. The first-order chi connectivity index (χ1) is 13.1. The molecule has 0 aromatic heterocycles. The van der Waals surface area contributed by atoms with Crippen LogP contribution in [0.15, 0.2) is 24.3 Å². The summed E-state index contributed by atoms with van der Waals surface area (Å²) in [6.07, 6.45) is 2.53. The Hall–Kier alpha value is -2.14. The average Bonchev–Trinajstić information content (AvgIpc) is 2.65. The second-order valence-electron chi connectivity index (χ2n) is 7.28. The summed E-state index contributed by atoms with van der Waals surface area (Å²) in [6.45, 7) is 6.37. The summed E-state index contributed by atoms with van der Waals surface area (Å²) in [5.41, 5.74) is 1.98. The largest absolute Gasteiger partial charge is 0.464 e. The number of hydrogen-bond acceptors (Lipinski definition) is 5. The molecule has 1 aromatic rings. The predicted molar refractivity (Wildman–Crippen MR) is 101 cm³/mol. The maximum absolute atomic E-state index is 11.4. The van der Waals surface area contributed by atoms with E-state index in [4.69, 9.17) is 10.00 Å². The van der Waals surface area contributed by atoms with Crippen molar-refractivity contribution in [3.63, 3.8) is 0 Å². The van der Waals surface area contributed by atoms with Crippen molar-refractivity contribution in [3.05, 3.63) is 35.4 Å². The van der Waals surface area contributed by atoms with Gasteiger partial charge in [0.25, 0.3) is 0 Å². The summed E-state index contributed by atoms with van der Waals surface area (Å²) < 4.78 is 6.03. The highest BCUT2D eigenvalue weighted by Gasteiger charge is 2.37. The Morgan fingerprint density at radius 3 is 2.44 bits per heavy atom. The number of rotatable bonds is 7. The smallest absolute Gasteiger partial charge is 0.421 e. The van der Waals surface area contributed by atoms with Gasteiger partial charge in [0.05, 0.1) is 23.8 Å². The molecule has 2 aliphatic rings. The Labute approximate surface area is 160 Å². The second kappa shape index (κ2) is 9.18. The first-order valence-corrected chi connectivity index (χ1v) is 9.71. The second-order valence-corrected chi connectivity index (χ2v) is 7.28. The van der Waals surface area contributed by atoms with Gasteiger partial charge in [-0.15, -0.1) is 0 Å². The van der Waals surface area contributed by atoms with Crippen LogP contribution in [0, 0.1) is 11.3 Å². The lowest BCUT2D eigenvalue weighted by atomic mass is 10.1. The number of amides is 1. The zero-order chi connectivity index (χ0) is 19.2. The van der Waals surface area contributed by atoms with Gasteiger partial charge in [-0.1, -0.05) is 12.1 Å².